The molecule has 1 aliphatic rings. The smallest absolute Gasteiger partial charge is 0.209 e. The average molecular weight is 259 g/mol. The van der Waals surface area contributed by atoms with Crippen LogP contribution in [0.15, 0.2) is 22.6 Å². The van der Waals surface area contributed by atoms with E-state index in [1.165, 1.54) is 6.42 Å². The van der Waals surface area contributed by atoms with E-state index in [-0.39, 0.29) is 0 Å². The van der Waals surface area contributed by atoms with Gasteiger partial charge in [0.2, 0.25) is 5.89 Å². The van der Waals surface area contributed by atoms with E-state index in [1.807, 2.05) is 18.2 Å². The first kappa shape index (κ1) is 12.5. The number of aromatic nitrogens is 1. The number of fused-ring (bicyclic) bond motifs is 1. The molecule has 1 fully saturated rings. The van der Waals surface area contributed by atoms with Crippen molar-refractivity contribution in [2.75, 3.05) is 18.8 Å². The molecule has 2 aromatic rings. The topological polar surface area (TPSA) is 55.3 Å². The molecule has 0 aliphatic carbocycles. The minimum Gasteiger partial charge on any atom is -0.439 e. The maximum atomic E-state index is 5.91. The van der Waals surface area contributed by atoms with Crippen LogP contribution >= 0.6 is 0 Å². The van der Waals surface area contributed by atoms with E-state index < -0.39 is 0 Å². The highest BCUT2D eigenvalue weighted by atomic mass is 16.3. The third-order valence-corrected chi connectivity index (χ3v) is 3.80. The van der Waals surface area contributed by atoms with E-state index in [1.54, 1.807) is 0 Å². The third-order valence-electron chi connectivity index (χ3n) is 3.80. The molecule has 0 spiro atoms. The van der Waals surface area contributed by atoms with Crippen LogP contribution in [0.4, 0.5) is 5.69 Å². The molecule has 3 rings (SSSR count). The molecule has 2 N–H and O–H groups in total. The quantitative estimate of drug-likeness (QED) is 0.843. The maximum Gasteiger partial charge on any atom is 0.209 e. The van der Waals surface area contributed by atoms with Crippen molar-refractivity contribution >= 4 is 16.8 Å². The van der Waals surface area contributed by atoms with Crippen LogP contribution in [0, 0.1) is 11.8 Å². The predicted octanol–water partition coefficient (Wildman–Crippen LogP) is 2.89. The van der Waals surface area contributed by atoms with Gasteiger partial charge in [0.25, 0.3) is 0 Å². The van der Waals surface area contributed by atoms with Gasteiger partial charge in [0.1, 0.15) is 5.52 Å². The standard InChI is InChI=1S/C15H21N3O/c1-10-6-11(2)8-18(7-10)9-14-17-15-12(16)4-3-5-13(15)19-14/h3-5,10-11H,6-9,16H2,1-2H3. The van der Waals surface area contributed by atoms with Crippen LogP contribution in [-0.4, -0.2) is 23.0 Å². The number of oxazole rings is 1. The van der Waals surface area contributed by atoms with Crippen molar-refractivity contribution in [3.63, 3.8) is 0 Å². The molecule has 4 nitrogen and oxygen atoms in total. The second-order valence-electron chi connectivity index (χ2n) is 5.94. The lowest BCUT2D eigenvalue weighted by molar-refractivity contribution is 0.125. The lowest BCUT2D eigenvalue weighted by Crippen LogP contribution is -2.38. The zero-order chi connectivity index (χ0) is 13.4. The molecule has 0 radical (unpaired) electrons. The maximum absolute atomic E-state index is 5.91. The second-order valence-corrected chi connectivity index (χ2v) is 5.94. The fourth-order valence-corrected chi connectivity index (χ4v) is 3.20. The molecule has 2 heterocycles. The third kappa shape index (κ3) is 2.59. The molecule has 1 aliphatic heterocycles. The Kier molecular flexibility index (Phi) is 3.19. The summed E-state index contributed by atoms with van der Waals surface area (Å²) in [6.45, 7) is 7.65. The number of para-hydroxylation sites is 1. The summed E-state index contributed by atoms with van der Waals surface area (Å²) in [5.41, 5.74) is 8.17. The van der Waals surface area contributed by atoms with E-state index >= 15 is 0 Å². The van der Waals surface area contributed by atoms with E-state index in [2.05, 4.69) is 23.7 Å². The first-order valence-corrected chi connectivity index (χ1v) is 6.98. The van der Waals surface area contributed by atoms with Crippen molar-refractivity contribution in [2.24, 2.45) is 11.8 Å². The van der Waals surface area contributed by atoms with Gasteiger partial charge in [-0.15, -0.1) is 0 Å². The fraction of sp³-hybridized carbons (Fsp3) is 0.533. The number of benzene rings is 1. The number of likely N-dealkylation sites (tertiary alicyclic amines) is 1. The van der Waals surface area contributed by atoms with Crippen molar-refractivity contribution < 1.29 is 4.42 Å². The van der Waals surface area contributed by atoms with Gasteiger partial charge >= 0.3 is 0 Å². The van der Waals surface area contributed by atoms with Gasteiger partial charge in [0.15, 0.2) is 5.58 Å². The van der Waals surface area contributed by atoms with Gasteiger partial charge in [0.05, 0.1) is 12.2 Å². The number of rotatable bonds is 2. The summed E-state index contributed by atoms with van der Waals surface area (Å²) < 4.78 is 5.79. The monoisotopic (exact) mass is 259 g/mol. The van der Waals surface area contributed by atoms with Crippen molar-refractivity contribution in [3.8, 4) is 0 Å². The Labute approximate surface area is 113 Å². The molecule has 19 heavy (non-hydrogen) atoms. The highest BCUT2D eigenvalue weighted by molar-refractivity contribution is 5.85. The zero-order valence-electron chi connectivity index (χ0n) is 11.6. The molecule has 1 aromatic heterocycles. The Balaban J connectivity index is 1.79. The normalized spacial score (nSPS) is 24.9. The van der Waals surface area contributed by atoms with Gasteiger partial charge < -0.3 is 10.2 Å². The summed E-state index contributed by atoms with van der Waals surface area (Å²) in [4.78, 5) is 6.95. The van der Waals surface area contributed by atoms with Gasteiger partial charge in [-0.2, -0.15) is 0 Å². The Hall–Kier alpha value is -1.55. The zero-order valence-corrected chi connectivity index (χ0v) is 11.6. The first-order valence-electron chi connectivity index (χ1n) is 6.98. The van der Waals surface area contributed by atoms with Gasteiger partial charge in [-0.3, -0.25) is 4.90 Å². The molecule has 0 bridgehead atoms. The summed E-state index contributed by atoms with van der Waals surface area (Å²) in [5.74, 6) is 2.27. The van der Waals surface area contributed by atoms with E-state index in [9.17, 15) is 0 Å². The first-order chi connectivity index (χ1) is 9.11. The Morgan fingerprint density at radius 3 is 2.74 bits per heavy atom. The minimum absolute atomic E-state index is 0.688. The predicted molar refractivity (Wildman–Crippen MR) is 76.6 cm³/mol. The molecule has 1 saturated heterocycles. The summed E-state index contributed by atoms with van der Waals surface area (Å²) in [5, 5.41) is 0. The fourth-order valence-electron chi connectivity index (χ4n) is 3.20. The molecule has 0 saturated carbocycles. The van der Waals surface area contributed by atoms with E-state index in [0.29, 0.717) is 5.69 Å². The molecule has 1 aromatic carbocycles. The molecule has 2 unspecified atom stereocenters. The summed E-state index contributed by atoms with van der Waals surface area (Å²) >= 11 is 0. The Morgan fingerprint density at radius 2 is 2.05 bits per heavy atom. The SMILES string of the molecule is CC1CC(C)CN(Cc2nc3c(N)cccc3o2)C1. The molecular weight excluding hydrogens is 238 g/mol. The highest BCUT2D eigenvalue weighted by Crippen LogP contribution is 2.25. The van der Waals surface area contributed by atoms with Crippen LogP contribution < -0.4 is 5.73 Å². The number of anilines is 1. The van der Waals surface area contributed by atoms with Crippen LogP contribution in [0.2, 0.25) is 0 Å². The highest BCUT2D eigenvalue weighted by Gasteiger charge is 2.23. The number of nitrogens with two attached hydrogens (primary N) is 1. The van der Waals surface area contributed by atoms with Crippen molar-refractivity contribution in [3.05, 3.63) is 24.1 Å². The van der Waals surface area contributed by atoms with E-state index in [4.69, 9.17) is 10.2 Å². The number of nitrogen functional groups attached to an aromatic ring is 1. The van der Waals surface area contributed by atoms with Crippen molar-refractivity contribution in [1.29, 1.82) is 0 Å². The lowest BCUT2D eigenvalue weighted by Gasteiger charge is -2.34. The molecule has 4 heteroatoms. The minimum atomic E-state index is 0.688. The van der Waals surface area contributed by atoms with Crippen LogP contribution in [0.5, 0.6) is 0 Å². The number of hydrogen-bond acceptors (Lipinski definition) is 4. The van der Waals surface area contributed by atoms with Gasteiger partial charge in [0, 0.05) is 13.1 Å². The summed E-state index contributed by atoms with van der Waals surface area (Å²) in [7, 11) is 0. The van der Waals surface area contributed by atoms with Crippen LogP contribution in [0.1, 0.15) is 26.2 Å². The lowest BCUT2D eigenvalue weighted by atomic mass is 9.92. The largest absolute Gasteiger partial charge is 0.439 e. The van der Waals surface area contributed by atoms with Gasteiger partial charge in [-0.1, -0.05) is 19.9 Å². The van der Waals surface area contributed by atoms with Crippen LogP contribution in [-0.2, 0) is 6.54 Å². The molecular formula is C15H21N3O. The van der Waals surface area contributed by atoms with Crippen LogP contribution in [0.25, 0.3) is 11.1 Å². The Morgan fingerprint density at radius 1 is 1.32 bits per heavy atom. The summed E-state index contributed by atoms with van der Waals surface area (Å²) in [6, 6.07) is 5.68. The Bertz CT molecular complexity index is 568. The van der Waals surface area contributed by atoms with Crippen molar-refractivity contribution in [2.45, 2.75) is 26.8 Å². The molecule has 102 valence electrons. The van der Waals surface area contributed by atoms with Crippen LogP contribution in [0.3, 0.4) is 0 Å². The molecule has 0 amide bonds. The number of nitrogens with zero attached hydrogens (tertiary/aromatic N) is 2. The van der Waals surface area contributed by atoms with Gasteiger partial charge in [-0.05, 0) is 30.4 Å². The molecule has 2 atom stereocenters. The summed E-state index contributed by atoms with van der Waals surface area (Å²) in [6.07, 6.45) is 1.32. The average Bonchev–Trinajstić information content (AvgIpc) is 2.71. The van der Waals surface area contributed by atoms with Crippen molar-refractivity contribution in [1.82, 2.24) is 9.88 Å². The van der Waals surface area contributed by atoms with E-state index in [0.717, 1.165) is 48.5 Å². The number of hydrogen-bond donors (Lipinski definition) is 1. The second kappa shape index (κ2) is 4.85. The number of piperidine rings is 1. The van der Waals surface area contributed by atoms with Gasteiger partial charge in [-0.25, -0.2) is 4.98 Å².